The normalized spacial score (nSPS) is 29.7. The van der Waals surface area contributed by atoms with Gasteiger partial charge in [-0.05, 0) is 25.5 Å². The van der Waals surface area contributed by atoms with Crippen LogP contribution < -0.4 is 10.0 Å². The Kier molecular flexibility index (Phi) is 5.95. The van der Waals surface area contributed by atoms with E-state index in [9.17, 15) is 8.42 Å². The molecule has 1 aliphatic carbocycles. The van der Waals surface area contributed by atoms with Crippen LogP contribution in [0.15, 0.2) is 0 Å². The van der Waals surface area contributed by atoms with E-state index in [0.29, 0.717) is 11.8 Å². The SMILES string of the molecule is CSC1CCC(NS(=O)(=O)CCN2CCNCC2)C1. The van der Waals surface area contributed by atoms with E-state index in [1.54, 1.807) is 0 Å². The van der Waals surface area contributed by atoms with Gasteiger partial charge in [-0.1, -0.05) is 0 Å². The summed E-state index contributed by atoms with van der Waals surface area (Å²) in [6, 6.07) is 0.158. The van der Waals surface area contributed by atoms with E-state index in [2.05, 4.69) is 21.2 Å². The maximum absolute atomic E-state index is 12.1. The van der Waals surface area contributed by atoms with Gasteiger partial charge in [-0.15, -0.1) is 0 Å². The van der Waals surface area contributed by atoms with Crippen LogP contribution in [0.3, 0.4) is 0 Å². The average molecular weight is 307 g/mol. The Morgan fingerprint density at radius 1 is 1.32 bits per heavy atom. The molecule has 2 rings (SSSR count). The van der Waals surface area contributed by atoms with Crippen LogP contribution in [0.1, 0.15) is 19.3 Å². The predicted molar refractivity (Wildman–Crippen MR) is 81.2 cm³/mol. The Bertz CT molecular complexity index is 369. The largest absolute Gasteiger partial charge is 0.314 e. The summed E-state index contributed by atoms with van der Waals surface area (Å²) in [4.78, 5) is 2.22. The topological polar surface area (TPSA) is 61.4 Å². The van der Waals surface area contributed by atoms with Crippen molar-refractivity contribution in [2.45, 2.75) is 30.6 Å². The molecule has 2 N–H and O–H groups in total. The predicted octanol–water partition coefficient (Wildman–Crippen LogP) is 0.0951. The van der Waals surface area contributed by atoms with Crippen LogP contribution in [-0.2, 0) is 10.0 Å². The van der Waals surface area contributed by atoms with E-state index >= 15 is 0 Å². The van der Waals surface area contributed by atoms with Crippen molar-refractivity contribution in [3.05, 3.63) is 0 Å². The Morgan fingerprint density at radius 3 is 2.68 bits per heavy atom. The minimum Gasteiger partial charge on any atom is -0.314 e. The highest BCUT2D eigenvalue weighted by molar-refractivity contribution is 7.99. The van der Waals surface area contributed by atoms with Gasteiger partial charge in [0, 0.05) is 44.0 Å². The summed E-state index contributed by atoms with van der Waals surface area (Å²) >= 11 is 1.85. The fourth-order valence-electron chi connectivity index (χ4n) is 2.76. The molecule has 0 spiro atoms. The lowest BCUT2D eigenvalue weighted by Crippen LogP contribution is -2.46. The number of hydrogen-bond donors (Lipinski definition) is 2. The molecule has 1 saturated carbocycles. The monoisotopic (exact) mass is 307 g/mol. The molecule has 1 saturated heterocycles. The molecule has 0 bridgehead atoms. The zero-order valence-corrected chi connectivity index (χ0v) is 13.2. The zero-order chi connectivity index (χ0) is 13.7. The van der Waals surface area contributed by atoms with Crippen molar-refractivity contribution < 1.29 is 8.42 Å². The summed E-state index contributed by atoms with van der Waals surface area (Å²) in [5, 5.41) is 3.90. The molecule has 112 valence electrons. The molecule has 0 aromatic rings. The van der Waals surface area contributed by atoms with Crippen molar-refractivity contribution >= 4 is 21.8 Å². The lowest BCUT2D eigenvalue weighted by molar-refractivity contribution is 0.253. The Morgan fingerprint density at radius 2 is 2.05 bits per heavy atom. The molecule has 0 radical (unpaired) electrons. The molecule has 0 aromatic carbocycles. The van der Waals surface area contributed by atoms with Gasteiger partial charge in [0.15, 0.2) is 0 Å². The van der Waals surface area contributed by atoms with Gasteiger partial charge >= 0.3 is 0 Å². The molecule has 19 heavy (non-hydrogen) atoms. The molecule has 5 nitrogen and oxygen atoms in total. The van der Waals surface area contributed by atoms with Gasteiger partial charge in [0.2, 0.25) is 10.0 Å². The van der Waals surface area contributed by atoms with Crippen molar-refractivity contribution in [3.8, 4) is 0 Å². The molecule has 2 aliphatic rings. The molecule has 0 aromatic heterocycles. The number of nitrogens with one attached hydrogen (secondary N) is 2. The third-order valence-electron chi connectivity index (χ3n) is 3.95. The second-order valence-corrected chi connectivity index (χ2v) is 8.41. The van der Waals surface area contributed by atoms with E-state index < -0.39 is 10.0 Å². The first kappa shape index (κ1) is 15.6. The van der Waals surface area contributed by atoms with Gasteiger partial charge in [-0.3, -0.25) is 4.90 Å². The van der Waals surface area contributed by atoms with Gasteiger partial charge in [-0.25, -0.2) is 13.1 Å². The molecule has 7 heteroatoms. The minimum absolute atomic E-state index is 0.158. The third-order valence-corrected chi connectivity index (χ3v) is 6.46. The summed E-state index contributed by atoms with van der Waals surface area (Å²) in [6.45, 7) is 4.48. The molecular formula is C12H25N3O2S2. The number of sulfonamides is 1. The van der Waals surface area contributed by atoms with Crippen LogP contribution in [0, 0.1) is 0 Å². The first-order valence-corrected chi connectivity index (χ1v) is 9.99. The number of piperazine rings is 1. The van der Waals surface area contributed by atoms with E-state index in [0.717, 1.165) is 45.4 Å². The molecule has 2 fully saturated rings. The quantitative estimate of drug-likeness (QED) is 0.728. The second kappa shape index (κ2) is 7.26. The lowest BCUT2D eigenvalue weighted by Gasteiger charge is -2.27. The van der Waals surface area contributed by atoms with E-state index in [1.807, 2.05) is 11.8 Å². The van der Waals surface area contributed by atoms with Gasteiger partial charge in [0.05, 0.1) is 5.75 Å². The summed E-state index contributed by atoms with van der Waals surface area (Å²) < 4.78 is 27.0. The minimum atomic E-state index is -3.12. The van der Waals surface area contributed by atoms with Crippen LogP contribution in [0.4, 0.5) is 0 Å². The van der Waals surface area contributed by atoms with Crippen LogP contribution in [-0.4, -0.2) is 69.3 Å². The highest BCUT2D eigenvalue weighted by atomic mass is 32.2. The first-order chi connectivity index (χ1) is 9.09. The highest BCUT2D eigenvalue weighted by Crippen LogP contribution is 2.28. The van der Waals surface area contributed by atoms with Crippen molar-refractivity contribution in [1.82, 2.24) is 14.9 Å². The summed E-state index contributed by atoms with van der Waals surface area (Å²) in [5.41, 5.74) is 0. The molecule has 2 unspecified atom stereocenters. The smallest absolute Gasteiger partial charge is 0.213 e. The maximum Gasteiger partial charge on any atom is 0.213 e. The maximum atomic E-state index is 12.1. The van der Waals surface area contributed by atoms with Crippen LogP contribution >= 0.6 is 11.8 Å². The second-order valence-electron chi connectivity index (χ2n) is 5.40. The molecule has 1 heterocycles. The van der Waals surface area contributed by atoms with Crippen molar-refractivity contribution in [2.75, 3.05) is 44.7 Å². The van der Waals surface area contributed by atoms with E-state index in [-0.39, 0.29) is 11.8 Å². The zero-order valence-electron chi connectivity index (χ0n) is 11.6. The summed E-state index contributed by atoms with van der Waals surface area (Å²) in [7, 11) is -3.12. The lowest BCUT2D eigenvalue weighted by atomic mass is 10.3. The Hall–Kier alpha value is 0.180. The summed E-state index contributed by atoms with van der Waals surface area (Å²) in [6.07, 6.45) is 5.20. The fourth-order valence-corrected chi connectivity index (χ4v) is 4.89. The third kappa shape index (κ3) is 5.23. The van der Waals surface area contributed by atoms with Crippen molar-refractivity contribution in [3.63, 3.8) is 0 Å². The van der Waals surface area contributed by atoms with Gasteiger partial charge in [-0.2, -0.15) is 11.8 Å². The highest BCUT2D eigenvalue weighted by Gasteiger charge is 2.27. The van der Waals surface area contributed by atoms with Crippen LogP contribution in [0.2, 0.25) is 0 Å². The number of nitrogens with zero attached hydrogens (tertiary/aromatic N) is 1. The van der Waals surface area contributed by atoms with Crippen molar-refractivity contribution in [2.24, 2.45) is 0 Å². The summed E-state index contributed by atoms with van der Waals surface area (Å²) in [5.74, 6) is 0.230. The van der Waals surface area contributed by atoms with Gasteiger partial charge in [0.1, 0.15) is 0 Å². The fraction of sp³-hybridized carbons (Fsp3) is 1.00. The van der Waals surface area contributed by atoms with E-state index in [1.165, 1.54) is 0 Å². The molecule has 0 amide bonds. The molecular weight excluding hydrogens is 282 g/mol. The standard InChI is InChI=1S/C12H25N3O2S2/c1-18-12-3-2-11(10-12)14-19(16,17)9-8-15-6-4-13-5-7-15/h11-14H,2-10H2,1H3. The average Bonchev–Trinajstić information content (AvgIpc) is 2.85. The number of hydrogen-bond acceptors (Lipinski definition) is 5. The van der Waals surface area contributed by atoms with Gasteiger partial charge < -0.3 is 5.32 Å². The number of thioether (sulfide) groups is 1. The van der Waals surface area contributed by atoms with Crippen LogP contribution in [0.25, 0.3) is 0 Å². The van der Waals surface area contributed by atoms with E-state index in [4.69, 9.17) is 0 Å². The Balaban J connectivity index is 1.72. The Labute approximate surface area is 120 Å². The first-order valence-electron chi connectivity index (χ1n) is 7.05. The number of rotatable bonds is 6. The van der Waals surface area contributed by atoms with Crippen molar-refractivity contribution in [1.29, 1.82) is 0 Å². The molecule has 2 atom stereocenters. The van der Waals surface area contributed by atoms with Gasteiger partial charge in [0.25, 0.3) is 0 Å². The van der Waals surface area contributed by atoms with Crippen LogP contribution in [0.5, 0.6) is 0 Å². The molecule has 1 aliphatic heterocycles.